The fourth-order valence-electron chi connectivity index (χ4n) is 2.55. The van der Waals surface area contributed by atoms with Gasteiger partial charge in [-0.15, -0.1) is 0 Å². The summed E-state index contributed by atoms with van der Waals surface area (Å²) >= 11 is 3.65. The molecule has 1 aromatic carbocycles. The number of aliphatic hydroxyl groups excluding tert-OH is 1. The molecule has 0 aliphatic heterocycles. The van der Waals surface area contributed by atoms with Gasteiger partial charge in [0.05, 0.1) is 26.1 Å². The van der Waals surface area contributed by atoms with Crippen molar-refractivity contribution in [1.29, 1.82) is 0 Å². The van der Waals surface area contributed by atoms with Crippen LogP contribution < -0.4 is 57.3 Å². The van der Waals surface area contributed by atoms with Crippen LogP contribution in [-0.2, 0) is 49.6 Å². The first-order valence-corrected chi connectivity index (χ1v) is 19.3. The summed E-state index contributed by atoms with van der Waals surface area (Å²) in [5.74, 6) is -9.11. The number of phenolic OH excluding ortho intramolecular Hbond substituents is 1. The fraction of sp³-hybridized carbons (Fsp3) is 0.543. The molecule has 32 heteroatoms. The first-order valence-electron chi connectivity index (χ1n) is 18.7. The Kier molecular flexibility index (Phi) is 53.0. The predicted octanol–water partition coefficient (Wildman–Crippen LogP) is -6.11. The summed E-state index contributed by atoms with van der Waals surface area (Å²) in [6, 6.07) is 0.675. The zero-order chi connectivity index (χ0) is 54.6. The van der Waals surface area contributed by atoms with E-state index in [0.29, 0.717) is 19.4 Å². The number of phenols is 1. The molecule has 0 heterocycles. The standard InChI is InChI=1S/C9H11NO3.C6H14N4O2.C6H13NO2.C4H7NO4.C3H7NO3.C3H7NO2S.2C2H5NO2/c10-8(9(12)13)5-6-1-3-7(11)4-2-6;7-4(5(11)12)2-1-3-10-6(8)9;1-3-4(2)5(7)6(8)9;5-2(4(8)9)1-3(6)7;4-2(1-5)3(6)7;4-2(1-7)3(5)6;2*3-1-2(4)5/h1-4,8,11H,5,10H2,(H,12,13);4H,1-3,7H2,(H,11,12)(H4,8,9,10);4-5H,3,7H2,1-2H3,(H,8,9);2H,1,5H2,(H,6,7)(H,8,9);2,5H,1,4H2,(H,6,7);2,7H,1,4H2,(H,5,6);2*1,3H2,(H,4,5)/t8-;4-;4-,5-;3*2-;;/m000000../s1. The minimum Gasteiger partial charge on any atom is -0.508 e. The van der Waals surface area contributed by atoms with E-state index >= 15 is 0 Å². The Morgan fingerprint density at radius 1 is 0.597 bits per heavy atom. The smallest absolute Gasteiger partial charge is 0.322 e. The number of nitrogens with zero attached hydrogens (tertiary/aromatic N) is 1. The van der Waals surface area contributed by atoms with E-state index in [0.717, 1.165) is 12.0 Å². The molecule has 0 aliphatic carbocycles. The van der Waals surface area contributed by atoms with Crippen molar-refractivity contribution >= 4 is 72.3 Å². The number of carbonyl (C=O) groups is 9. The van der Waals surface area contributed by atoms with Crippen LogP contribution in [0.25, 0.3) is 0 Å². The molecule has 0 amide bonds. The van der Waals surface area contributed by atoms with Crippen molar-refractivity contribution in [3.05, 3.63) is 29.8 Å². The molecule has 7 atom stereocenters. The molecule has 31 nitrogen and oxygen atoms in total. The molecule has 0 aromatic heterocycles. The van der Waals surface area contributed by atoms with Gasteiger partial charge in [-0.25, -0.2) is 0 Å². The molecule has 0 unspecified atom stereocenters. The van der Waals surface area contributed by atoms with Crippen molar-refractivity contribution in [3.8, 4) is 5.75 Å². The number of aliphatic carboxylic acids is 9. The maximum atomic E-state index is 10.4. The number of hydrogen-bond donors (Lipinski definition) is 22. The van der Waals surface area contributed by atoms with Crippen molar-refractivity contribution in [1.82, 2.24) is 0 Å². The summed E-state index contributed by atoms with van der Waals surface area (Å²) in [7, 11) is 0. The maximum absolute atomic E-state index is 10.4. The first kappa shape index (κ1) is 74.8. The Bertz CT molecular complexity index is 1560. The summed E-state index contributed by atoms with van der Waals surface area (Å²) in [4.78, 5) is 92.0. The lowest BCUT2D eigenvalue weighted by molar-refractivity contribution is -0.144. The number of hydrogen-bond acceptors (Lipinski definition) is 21. The molecule has 1 aromatic rings. The van der Waals surface area contributed by atoms with Crippen LogP contribution >= 0.6 is 12.6 Å². The number of aromatic hydroxyl groups is 1. The van der Waals surface area contributed by atoms with Gasteiger partial charge in [-0.3, -0.25) is 48.1 Å². The summed E-state index contributed by atoms with van der Waals surface area (Å²) in [5.41, 5.74) is 50.4. The largest absolute Gasteiger partial charge is 0.508 e. The second-order valence-corrected chi connectivity index (χ2v) is 12.8. The monoisotopic (exact) mass is 995 g/mol. The van der Waals surface area contributed by atoms with Crippen molar-refractivity contribution < 1.29 is 99.3 Å². The Balaban J connectivity index is -0.000000125. The quantitative estimate of drug-likeness (QED) is 0.0250. The lowest BCUT2D eigenvalue weighted by Crippen LogP contribution is -2.36. The first-order chi connectivity index (χ1) is 30.7. The van der Waals surface area contributed by atoms with E-state index in [1.54, 1.807) is 12.1 Å². The summed E-state index contributed by atoms with van der Waals surface area (Å²) in [6.45, 7) is 3.12. The van der Waals surface area contributed by atoms with Gasteiger partial charge in [-0.2, -0.15) is 12.6 Å². The van der Waals surface area contributed by atoms with Gasteiger partial charge in [-0.05, 0) is 42.9 Å². The summed E-state index contributed by atoms with van der Waals surface area (Å²) in [6.07, 6.45) is 1.51. The lowest BCUT2D eigenvalue weighted by Gasteiger charge is -2.11. The van der Waals surface area contributed by atoms with E-state index in [2.05, 4.69) is 29.1 Å². The van der Waals surface area contributed by atoms with Crippen LogP contribution in [0.2, 0.25) is 0 Å². The highest BCUT2D eigenvalue weighted by molar-refractivity contribution is 7.80. The van der Waals surface area contributed by atoms with Crippen molar-refractivity contribution in [2.24, 2.45) is 68.2 Å². The molecule has 1 rings (SSSR count). The number of aliphatic hydroxyl groups is 1. The SMILES string of the molecule is CC[C@H](C)[C@H](N)C(=O)O.NC(N)=NCCC[C@H](N)C(=O)O.NCC(=O)O.NCC(=O)O.N[C@@H](CC(=O)O)C(=O)O.N[C@@H](CO)C(=O)O.N[C@@H](CS)C(=O)O.N[C@@H](Cc1ccc(O)cc1)C(=O)O. The Hall–Kier alpha value is -6.49. The van der Waals surface area contributed by atoms with E-state index in [4.69, 9.17) is 102 Å². The summed E-state index contributed by atoms with van der Waals surface area (Å²) in [5, 5.41) is 89.3. The van der Waals surface area contributed by atoms with E-state index in [1.165, 1.54) is 12.1 Å². The third-order valence-electron chi connectivity index (χ3n) is 6.62. The van der Waals surface area contributed by atoms with E-state index in [1.807, 2.05) is 13.8 Å². The predicted molar refractivity (Wildman–Crippen MR) is 241 cm³/mol. The summed E-state index contributed by atoms with van der Waals surface area (Å²) < 4.78 is 0. The van der Waals surface area contributed by atoms with E-state index in [-0.39, 0.29) is 42.9 Å². The molecule has 0 spiro atoms. The average Bonchev–Trinajstić information content (AvgIpc) is 3.25. The van der Waals surface area contributed by atoms with Crippen LogP contribution in [0.1, 0.15) is 45.1 Å². The third-order valence-corrected chi connectivity index (χ3v) is 7.02. The number of aliphatic imine (C=N–C) groups is 1. The van der Waals surface area contributed by atoms with Gasteiger partial charge < -0.3 is 114 Å². The lowest BCUT2D eigenvalue weighted by atomic mass is 10.0. The topological polar surface area (TPSA) is 649 Å². The van der Waals surface area contributed by atoms with Gasteiger partial charge in [0, 0.05) is 12.3 Å². The van der Waals surface area contributed by atoms with Crippen LogP contribution in [0.4, 0.5) is 0 Å². The van der Waals surface area contributed by atoms with Crippen LogP contribution in [0.5, 0.6) is 5.75 Å². The number of carboxylic acid groups (broad SMARTS) is 9. The number of nitrogens with two attached hydrogens (primary N) is 10. The van der Waals surface area contributed by atoms with Gasteiger partial charge in [0.15, 0.2) is 5.96 Å². The van der Waals surface area contributed by atoms with Crippen LogP contribution in [0.3, 0.4) is 0 Å². The minimum atomic E-state index is -1.29. The van der Waals surface area contributed by atoms with Gasteiger partial charge in [0.2, 0.25) is 0 Å². The van der Waals surface area contributed by atoms with Crippen LogP contribution in [0, 0.1) is 5.92 Å². The van der Waals surface area contributed by atoms with Crippen LogP contribution in [-0.4, -0.2) is 184 Å². The second-order valence-electron chi connectivity index (χ2n) is 12.5. The van der Waals surface area contributed by atoms with Gasteiger partial charge in [-0.1, -0.05) is 32.4 Å². The van der Waals surface area contributed by atoms with Crippen molar-refractivity contribution in [2.75, 3.05) is 32.0 Å². The van der Waals surface area contributed by atoms with Crippen molar-refractivity contribution in [3.63, 3.8) is 0 Å². The highest BCUT2D eigenvalue weighted by Gasteiger charge is 2.17. The normalized spacial score (nSPS) is 12.4. The van der Waals surface area contributed by atoms with Gasteiger partial charge in [0.25, 0.3) is 0 Å². The molecule has 0 bridgehead atoms. The average molecular weight is 996 g/mol. The maximum Gasteiger partial charge on any atom is 0.322 e. The number of guanidine groups is 1. The Morgan fingerprint density at radius 2 is 0.970 bits per heavy atom. The van der Waals surface area contributed by atoms with Gasteiger partial charge >= 0.3 is 53.7 Å². The Morgan fingerprint density at radius 3 is 1.16 bits per heavy atom. The highest BCUT2D eigenvalue weighted by atomic mass is 32.1. The van der Waals surface area contributed by atoms with Gasteiger partial charge in [0.1, 0.15) is 42.0 Å². The molecular weight excluding hydrogens is 927 g/mol. The van der Waals surface area contributed by atoms with Crippen molar-refractivity contribution in [2.45, 2.75) is 82.2 Å². The number of rotatable bonds is 20. The number of benzene rings is 1. The molecule has 0 fully saturated rings. The Labute approximate surface area is 389 Å². The highest BCUT2D eigenvalue weighted by Crippen LogP contribution is 2.10. The molecule has 390 valence electrons. The molecule has 0 saturated carbocycles. The molecular formula is C35H69N11O20S. The second kappa shape index (κ2) is 47.5. The third kappa shape index (κ3) is 61.6. The van der Waals surface area contributed by atoms with E-state index < -0.39 is 103 Å². The molecule has 67 heavy (non-hydrogen) atoms. The zero-order valence-corrected chi connectivity index (χ0v) is 37.6. The van der Waals surface area contributed by atoms with E-state index in [9.17, 15) is 43.2 Å². The zero-order valence-electron chi connectivity index (χ0n) is 36.7. The molecule has 0 saturated heterocycles. The molecule has 0 radical (unpaired) electrons. The fourth-order valence-corrected chi connectivity index (χ4v) is 2.70. The minimum absolute atomic E-state index is 0.0129. The number of thiol groups is 1. The van der Waals surface area contributed by atoms with Crippen LogP contribution in [0.15, 0.2) is 29.3 Å². The molecule has 31 N–H and O–H groups in total. The number of carboxylic acids is 9. The molecule has 0 aliphatic rings.